The van der Waals surface area contributed by atoms with Crippen LogP contribution in [-0.4, -0.2) is 5.11 Å². The van der Waals surface area contributed by atoms with Crippen molar-refractivity contribution in [2.75, 3.05) is 0 Å². The highest BCUT2D eigenvalue weighted by Gasteiger charge is 2.01. The van der Waals surface area contributed by atoms with Crippen molar-refractivity contribution >= 4 is 11.4 Å². The number of terminal acetylenes is 1. The second kappa shape index (κ2) is 5.83. The molecule has 3 heteroatoms. The molecular formula is C16H14N2O. The van der Waals surface area contributed by atoms with Gasteiger partial charge in [-0.15, -0.1) is 11.5 Å². The van der Waals surface area contributed by atoms with E-state index in [1.165, 1.54) is 0 Å². The summed E-state index contributed by atoms with van der Waals surface area (Å²) in [5, 5.41) is 17.9. The number of hydrogen-bond acceptors (Lipinski definition) is 3. The van der Waals surface area contributed by atoms with Gasteiger partial charge >= 0.3 is 0 Å². The molecule has 0 aliphatic heterocycles. The minimum absolute atomic E-state index is 0.119. The predicted octanol–water partition coefficient (Wildman–Crippen LogP) is 4.35. The maximum atomic E-state index is 9.72. The van der Waals surface area contributed by atoms with E-state index < -0.39 is 0 Å². The minimum atomic E-state index is 0.119. The van der Waals surface area contributed by atoms with Crippen molar-refractivity contribution in [2.45, 2.75) is 13.3 Å². The molecule has 19 heavy (non-hydrogen) atoms. The molecule has 1 N–H and O–H groups in total. The molecule has 0 spiro atoms. The third-order valence-corrected chi connectivity index (χ3v) is 2.73. The summed E-state index contributed by atoms with van der Waals surface area (Å²) in [6.07, 6.45) is 6.21. The highest BCUT2D eigenvalue weighted by atomic mass is 16.3. The Morgan fingerprint density at radius 1 is 1.16 bits per heavy atom. The van der Waals surface area contributed by atoms with E-state index in [1.54, 1.807) is 12.1 Å². The van der Waals surface area contributed by atoms with Crippen LogP contribution in [0.5, 0.6) is 5.75 Å². The molecule has 0 heterocycles. The fourth-order valence-electron chi connectivity index (χ4n) is 1.64. The smallest absolute Gasteiger partial charge is 0.143 e. The maximum absolute atomic E-state index is 9.72. The number of nitrogens with zero attached hydrogens (tertiary/aromatic N) is 2. The number of benzene rings is 2. The molecule has 0 amide bonds. The van der Waals surface area contributed by atoms with Crippen LogP contribution in [0.25, 0.3) is 0 Å². The van der Waals surface area contributed by atoms with E-state index in [2.05, 4.69) is 16.1 Å². The average Bonchev–Trinajstić information content (AvgIpc) is 2.46. The highest BCUT2D eigenvalue weighted by Crippen LogP contribution is 2.29. The summed E-state index contributed by atoms with van der Waals surface area (Å²) in [5.74, 6) is 2.66. The van der Waals surface area contributed by atoms with Gasteiger partial charge in [-0.25, -0.2) is 0 Å². The first kappa shape index (κ1) is 12.8. The van der Waals surface area contributed by atoms with E-state index in [9.17, 15) is 5.11 Å². The van der Waals surface area contributed by atoms with Crippen LogP contribution in [0.3, 0.4) is 0 Å². The van der Waals surface area contributed by atoms with E-state index in [0.717, 1.165) is 17.5 Å². The molecule has 2 rings (SSSR count). The summed E-state index contributed by atoms with van der Waals surface area (Å²) in [6, 6.07) is 12.6. The van der Waals surface area contributed by atoms with E-state index >= 15 is 0 Å². The van der Waals surface area contributed by atoms with Gasteiger partial charge in [-0.2, -0.15) is 5.11 Å². The Hall–Kier alpha value is -2.60. The Bertz CT molecular complexity index is 654. The van der Waals surface area contributed by atoms with Gasteiger partial charge in [0.05, 0.1) is 5.69 Å². The van der Waals surface area contributed by atoms with E-state index in [0.29, 0.717) is 11.4 Å². The SMILES string of the molecule is C#Cc1cccc(/N=N/c2cc(CC)ccc2O)c1. The Balaban J connectivity index is 2.29. The lowest BCUT2D eigenvalue weighted by Crippen LogP contribution is -1.78. The van der Waals surface area contributed by atoms with Gasteiger partial charge in [0.1, 0.15) is 11.4 Å². The van der Waals surface area contributed by atoms with Gasteiger partial charge in [0.2, 0.25) is 0 Å². The highest BCUT2D eigenvalue weighted by molar-refractivity contribution is 5.53. The van der Waals surface area contributed by atoms with Crippen LogP contribution in [0, 0.1) is 12.3 Å². The number of aryl methyl sites for hydroxylation is 1. The summed E-state index contributed by atoms with van der Waals surface area (Å²) >= 11 is 0. The fraction of sp³-hybridized carbons (Fsp3) is 0.125. The fourth-order valence-corrected chi connectivity index (χ4v) is 1.64. The predicted molar refractivity (Wildman–Crippen MR) is 76.0 cm³/mol. The second-order valence-electron chi connectivity index (χ2n) is 4.07. The number of hydrogen-bond donors (Lipinski definition) is 1. The summed E-state index contributed by atoms with van der Waals surface area (Å²) in [4.78, 5) is 0. The molecule has 0 aromatic heterocycles. The van der Waals surface area contributed by atoms with Crippen molar-refractivity contribution < 1.29 is 5.11 Å². The van der Waals surface area contributed by atoms with E-state index in [-0.39, 0.29) is 5.75 Å². The minimum Gasteiger partial charge on any atom is -0.506 e. The molecule has 0 aliphatic rings. The van der Waals surface area contributed by atoms with E-state index in [1.807, 2.05) is 37.3 Å². The van der Waals surface area contributed by atoms with Crippen LogP contribution in [0.2, 0.25) is 0 Å². The van der Waals surface area contributed by atoms with Crippen molar-refractivity contribution in [3.8, 4) is 18.1 Å². The molecule has 0 radical (unpaired) electrons. The molecular weight excluding hydrogens is 236 g/mol. The average molecular weight is 250 g/mol. The lowest BCUT2D eigenvalue weighted by Gasteiger charge is -2.01. The molecule has 0 saturated heterocycles. The first-order chi connectivity index (χ1) is 9.22. The van der Waals surface area contributed by atoms with E-state index in [4.69, 9.17) is 6.42 Å². The monoisotopic (exact) mass is 250 g/mol. The number of phenolic OH excluding ortho intramolecular Hbond substituents is 1. The van der Waals surface area contributed by atoms with Crippen LogP contribution in [0.1, 0.15) is 18.1 Å². The maximum Gasteiger partial charge on any atom is 0.143 e. The third-order valence-electron chi connectivity index (χ3n) is 2.73. The number of azo groups is 1. The largest absolute Gasteiger partial charge is 0.506 e. The molecule has 2 aromatic carbocycles. The topological polar surface area (TPSA) is 45.0 Å². The normalized spacial score (nSPS) is 10.5. The van der Waals surface area contributed by atoms with Gasteiger partial charge in [0.25, 0.3) is 0 Å². The molecule has 0 fully saturated rings. The molecule has 0 bridgehead atoms. The number of phenols is 1. The standard InChI is InChI=1S/C16H14N2O/c1-3-12-6-5-7-14(10-12)17-18-15-11-13(4-2)8-9-16(15)19/h1,5-11,19H,4H2,2H3/b18-17+. The van der Waals surface area contributed by atoms with Crippen LogP contribution in [0.15, 0.2) is 52.7 Å². The zero-order chi connectivity index (χ0) is 13.7. The lowest BCUT2D eigenvalue weighted by atomic mass is 10.1. The van der Waals surface area contributed by atoms with Crippen molar-refractivity contribution in [1.29, 1.82) is 0 Å². The van der Waals surface area contributed by atoms with Crippen molar-refractivity contribution in [2.24, 2.45) is 10.2 Å². The Morgan fingerprint density at radius 3 is 2.74 bits per heavy atom. The van der Waals surface area contributed by atoms with Gasteiger partial charge in [0.15, 0.2) is 0 Å². The van der Waals surface area contributed by atoms with Crippen LogP contribution < -0.4 is 0 Å². The third kappa shape index (κ3) is 3.20. The summed E-state index contributed by atoms with van der Waals surface area (Å²) in [6.45, 7) is 2.05. The summed E-state index contributed by atoms with van der Waals surface area (Å²) < 4.78 is 0. The van der Waals surface area contributed by atoms with Crippen LogP contribution in [0.4, 0.5) is 11.4 Å². The number of aromatic hydroxyl groups is 1. The van der Waals surface area contributed by atoms with Gasteiger partial charge in [0, 0.05) is 5.56 Å². The molecule has 3 nitrogen and oxygen atoms in total. The second-order valence-corrected chi connectivity index (χ2v) is 4.07. The van der Waals surface area contributed by atoms with Crippen molar-refractivity contribution in [3.63, 3.8) is 0 Å². The Morgan fingerprint density at radius 2 is 2.00 bits per heavy atom. The molecule has 0 saturated carbocycles. The first-order valence-electron chi connectivity index (χ1n) is 6.03. The van der Waals surface area contributed by atoms with Crippen molar-refractivity contribution in [1.82, 2.24) is 0 Å². The van der Waals surface area contributed by atoms with Gasteiger partial charge in [-0.1, -0.05) is 25.0 Å². The van der Waals surface area contributed by atoms with Crippen molar-refractivity contribution in [3.05, 3.63) is 53.6 Å². The van der Waals surface area contributed by atoms with Crippen LogP contribution in [-0.2, 0) is 6.42 Å². The zero-order valence-electron chi connectivity index (χ0n) is 10.7. The zero-order valence-corrected chi connectivity index (χ0v) is 10.7. The van der Waals surface area contributed by atoms with Gasteiger partial charge in [-0.05, 0) is 42.3 Å². The Kier molecular flexibility index (Phi) is 3.94. The van der Waals surface area contributed by atoms with Gasteiger partial charge < -0.3 is 5.11 Å². The number of rotatable bonds is 3. The molecule has 0 atom stereocenters. The summed E-state index contributed by atoms with van der Waals surface area (Å²) in [5.41, 5.74) is 2.98. The molecule has 0 unspecified atom stereocenters. The Labute approximate surface area is 112 Å². The lowest BCUT2D eigenvalue weighted by molar-refractivity contribution is 0.476. The molecule has 2 aromatic rings. The first-order valence-corrected chi connectivity index (χ1v) is 6.03. The van der Waals surface area contributed by atoms with Gasteiger partial charge in [-0.3, -0.25) is 0 Å². The molecule has 94 valence electrons. The summed E-state index contributed by atoms with van der Waals surface area (Å²) in [7, 11) is 0. The van der Waals surface area contributed by atoms with Crippen LogP contribution >= 0.6 is 0 Å². The molecule has 0 aliphatic carbocycles. The quantitative estimate of drug-likeness (QED) is 0.638.